The Morgan fingerprint density at radius 2 is 2.00 bits per heavy atom. The van der Waals surface area contributed by atoms with Gasteiger partial charge in [0.25, 0.3) is 0 Å². The summed E-state index contributed by atoms with van der Waals surface area (Å²) >= 11 is 5.55. The quantitative estimate of drug-likeness (QED) is 0.718. The van der Waals surface area contributed by atoms with E-state index in [9.17, 15) is 4.89 Å². The Morgan fingerprint density at radius 1 is 1.50 bits per heavy atom. The molecule has 74 valence electrons. The summed E-state index contributed by atoms with van der Waals surface area (Å²) in [6.45, 7) is 5.21. The first kappa shape index (κ1) is 10.7. The summed E-state index contributed by atoms with van der Waals surface area (Å²) in [6.07, 6.45) is 2.12. The molecule has 1 heterocycles. The van der Waals surface area contributed by atoms with Gasteiger partial charge in [0.05, 0.1) is 0 Å². The normalized spacial score (nSPS) is 37.7. The molecule has 0 bridgehead atoms. The second-order valence-corrected chi connectivity index (χ2v) is 6.66. The molecule has 0 atom stereocenters. The van der Waals surface area contributed by atoms with Crippen molar-refractivity contribution in [2.75, 3.05) is 13.2 Å². The van der Waals surface area contributed by atoms with Crippen LogP contribution in [0.15, 0.2) is 0 Å². The van der Waals surface area contributed by atoms with Crippen LogP contribution in [0.25, 0.3) is 0 Å². The van der Waals surface area contributed by atoms with Crippen LogP contribution in [0.3, 0.4) is 0 Å². The Labute approximate surface area is 78.4 Å². The average Bonchev–Trinajstić information content (AvgIpc) is 1.98. The molecule has 1 rings (SSSR count). The predicted octanol–water partition coefficient (Wildman–Crippen LogP) is 2.48. The van der Waals surface area contributed by atoms with E-state index in [-0.39, 0.29) is 5.41 Å². The second kappa shape index (κ2) is 3.77. The standard InChI is InChI=1S/C7H16ClO3P/c1-3-4-7(2)5-10-12(8,9)11-6-7/h9,12H,3-6H2,1-2H3. The van der Waals surface area contributed by atoms with Gasteiger partial charge in [-0.3, -0.25) is 0 Å². The van der Waals surface area contributed by atoms with Gasteiger partial charge in [-0.15, -0.1) is 0 Å². The van der Waals surface area contributed by atoms with Crippen LogP contribution in [0.2, 0.25) is 0 Å². The van der Waals surface area contributed by atoms with E-state index in [0.29, 0.717) is 13.2 Å². The van der Waals surface area contributed by atoms with Gasteiger partial charge in [0.2, 0.25) is 0 Å². The van der Waals surface area contributed by atoms with Crippen molar-refractivity contribution >= 4 is 18.5 Å². The molecule has 0 unspecified atom stereocenters. The molecule has 0 aromatic heterocycles. The molecule has 1 saturated heterocycles. The monoisotopic (exact) mass is 214 g/mol. The van der Waals surface area contributed by atoms with E-state index in [1.807, 2.05) is 0 Å². The molecule has 0 aromatic rings. The van der Waals surface area contributed by atoms with Gasteiger partial charge < -0.3 is 0 Å². The van der Waals surface area contributed by atoms with Gasteiger partial charge in [-0.1, -0.05) is 0 Å². The minimum absolute atomic E-state index is 0.0306. The first-order valence-corrected chi connectivity index (χ1v) is 6.94. The Kier molecular flexibility index (Phi) is 3.35. The van der Waals surface area contributed by atoms with Crippen molar-refractivity contribution in [2.24, 2.45) is 5.41 Å². The fraction of sp³-hybridized carbons (Fsp3) is 1.00. The zero-order valence-corrected chi connectivity index (χ0v) is 9.23. The molecule has 3 nitrogen and oxygen atoms in total. The third kappa shape index (κ3) is 2.82. The molecular weight excluding hydrogens is 199 g/mol. The molecular formula is C7H16ClO3P. The summed E-state index contributed by atoms with van der Waals surface area (Å²) in [5.41, 5.74) is 0.0306. The van der Waals surface area contributed by atoms with Crippen LogP contribution in [0.4, 0.5) is 0 Å². The first-order valence-electron chi connectivity index (χ1n) is 4.17. The molecule has 0 spiro atoms. The van der Waals surface area contributed by atoms with Crippen LogP contribution < -0.4 is 0 Å². The van der Waals surface area contributed by atoms with Crippen molar-refractivity contribution in [1.82, 2.24) is 0 Å². The van der Waals surface area contributed by atoms with E-state index >= 15 is 0 Å². The zero-order chi connectivity index (χ0) is 9.24. The molecule has 0 radical (unpaired) electrons. The van der Waals surface area contributed by atoms with Gasteiger partial charge in [0.1, 0.15) is 0 Å². The summed E-state index contributed by atoms with van der Waals surface area (Å²) in [6, 6.07) is 0. The Hall–Kier alpha value is 0.600. The average molecular weight is 215 g/mol. The van der Waals surface area contributed by atoms with Gasteiger partial charge in [-0.05, 0) is 0 Å². The van der Waals surface area contributed by atoms with Crippen molar-refractivity contribution < 1.29 is 13.9 Å². The molecule has 0 amide bonds. The molecule has 0 saturated carbocycles. The maximum atomic E-state index is 9.23. The third-order valence-corrected chi connectivity index (χ3v) is 3.71. The van der Waals surface area contributed by atoms with Crippen LogP contribution in [-0.2, 0) is 9.05 Å². The van der Waals surface area contributed by atoms with Gasteiger partial charge >= 0.3 is 77.8 Å². The number of rotatable bonds is 2. The van der Waals surface area contributed by atoms with Crippen molar-refractivity contribution in [3.05, 3.63) is 0 Å². The summed E-state index contributed by atoms with van der Waals surface area (Å²) in [4.78, 5) is 9.23. The van der Waals surface area contributed by atoms with E-state index < -0.39 is 7.30 Å². The molecule has 1 aliphatic rings. The second-order valence-electron chi connectivity index (χ2n) is 3.64. The molecule has 1 N–H and O–H groups in total. The Balaban J connectivity index is 2.44. The molecule has 1 fully saturated rings. The molecule has 1 aliphatic heterocycles. The van der Waals surface area contributed by atoms with E-state index in [2.05, 4.69) is 13.8 Å². The number of hydrogen-bond donors (Lipinski definition) is 1. The first-order chi connectivity index (χ1) is 5.47. The SMILES string of the molecule is CCCC1(C)CO[PH](O)(Cl)OC1. The summed E-state index contributed by atoms with van der Waals surface area (Å²) < 4.78 is 10.1. The maximum absolute atomic E-state index is 9.23. The molecule has 0 aliphatic carbocycles. The number of hydrogen-bond acceptors (Lipinski definition) is 3. The van der Waals surface area contributed by atoms with Crippen molar-refractivity contribution in [1.29, 1.82) is 0 Å². The van der Waals surface area contributed by atoms with Gasteiger partial charge in [0, 0.05) is 0 Å². The Bertz CT molecular complexity index is 153. The van der Waals surface area contributed by atoms with Crippen LogP contribution in [0.1, 0.15) is 26.7 Å². The summed E-state index contributed by atoms with van der Waals surface area (Å²) in [5, 5.41) is 0. The summed E-state index contributed by atoms with van der Waals surface area (Å²) in [5.74, 6) is 0. The predicted molar refractivity (Wildman–Crippen MR) is 51.3 cm³/mol. The van der Waals surface area contributed by atoms with E-state index in [0.717, 1.165) is 12.8 Å². The molecule has 12 heavy (non-hydrogen) atoms. The molecule has 5 heteroatoms. The number of halogens is 1. The van der Waals surface area contributed by atoms with Crippen LogP contribution in [0, 0.1) is 5.41 Å². The van der Waals surface area contributed by atoms with E-state index in [1.54, 1.807) is 0 Å². The topological polar surface area (TPSA) is 38.7 Å². The fourth-order valence-corrected chi connectivity index (χ4v) is 2.82. The van der Waals surface area contributed by atoms with E-state index in [1.165, 1.54) is 0 Å². The van der Waals surface area contributed by atoms with Crippen molar-refractivity contribution in [3.8, 4) is 0 Å². The van der Waals surface area contributed by atoms with Gasteiger partial charge in [0.15, 0.2) is 0 Å². The minimum atomic E-state index is -3.24. The van der Waals surface area contributed by atoms with E-state index in [4.69, 9.17) is 20.3 Å². The third-order valence-electron chi connectivity index (χ3n) is 2.05. The zero-order valence-electron chi connectivity index (χ0n) is 7.47. The summed E-state index contributed by atoms with van der Waals surface area (Å²) in [7, 11) is -3.24. The van der Waals surface area contributed by atoms with Crippen LogP contribution in [0.5, 0.6) is 0 Å². The van der Waals surface area contributed by atoms with Gasteiger partial charge in [-0.2, -0.15) is 0 Å². The van der Waals surface area contributed by atoms with Crippen molar-refractivity contribution in [2.45, 2.75) is 26.7 Å². The van der Waals surface area contributed by atoms with Gasteiger partial charge in [-0.25, -0.2) is 0 Å². The van der Waals surface area contributed by atoms with Crippen LogP contribution >= 0.6 is 18.5 Å². The Morgan fingerprint density at radius 3 is 2.42 bits per heavy atom. The van der Waals surface area contributed by atoms with Crippen LogP contribution in [-0.4, -0.2) is 18.1 Å². The fourth-order valence-electron chi connectivity index (χ4n) is 1.36. The molecule has 0 aromatic carbocycles. The van der Waals surface area contributed by atoms with Crippen molar-refractivity contribution in [3.63, 3.8) is 0 Å².